The lowest BCUT2D eigenvalue weighted by atomic mass is 10.1. The highest BCUT2D eigenvalue weighted by molar-refractivity contribution is 5.79. The minimum atomic E-state index is 0.342. The molecule has 0 unspecified atom stereocenters. The van der Waals surface area contributed by atoms with Crippen molar-refractivity contribution >= 4 is 34.1 Å². The molecule has 0 aliphatic carbocycles. The summed E-state index contributed by atoms with van der Waals surface area (Å²) in [5.74, 6) is 1.59. The Kier molecular flexibility index (Phi) is 4.71. The van der Waals surface area contributed by atoms with Gasteiger partial charge in [-0.2, -0.15) is 4.98 Å². The predicted octanol–water partition coefficient (Wildman–Crippen LogP) is 3.68. The van der Waals surface area contributed by atoms with Crippen LogP contribution in [0, 0.1) is 6.92 Å². The van der Waals surface area contributed by atoms with Crippen LogP contribution in [0.3, 0.4) is 0 Å². The van der Waals surface area contributed by atoms with Gasteiger partial charge < -0.3 is 15.0 Å². The van der Waals surface area contributed by atoms with Crippen molar-refractivity contribution in [3.63, 3.8) is 0 Å². The van der Waals surface area contributed by atoms with Gasteiger partial charge in [-0.05, 0) is 37.1 Å². The van der Waals surface area contributed by atoms with Crippen molar-refractivity contribution in [1.82, 2.24) is 24.3 Å². The van der Waals surface area contributed by atoms with Crippen LogP contribution in [-0.4, -0.2) is 50.6 Å². The van der Waals surface area contributed by atoms with Gasteiger partial charge in [0.25, 0.3) is 0 Å². The molecule has 0 aromatic carbocycles. The van der Waals surface area contributed by atoms with Crippen molar-refractivity contribution in [1.29, 1.82) is 0 Å². The number of anilines is 3. The van der Waals surface area contributed by atoms with Gasteiger partial charge >= 0.3 is 0 Å². The summed E-state index contributed by atoms with van der Waals surface area (Å²) in [6.45, 7) is 9.64. The Labute approximate surface area is 175 Å². The zero-order valence-corrected chi connectivity index (χ0v) is 17.5. The number of aryl methyl sites for hydroxylation is 1. The smallest absolute Gasteiger partial charge is 0.230 e. The van der Waals surface area contributed by atoms with E-state index in [4.69, 9.17) is 14.7 Å². The van der Waals surface area contributed by atoms with Crippen molar-refractivity contribution in [2.75, 3.05) is 36.5 Å². The van der Waals surface area contributed by atoms with Crippen LogP contribution in [0.4, 0.5) is 17.5 Å². The number of rotatable bonds is 4. The second kappa shape index (κ2) is 7.53. The molecule has 1 saturated heterocycles. The topological polar surface area (TPSA) is 80.5 Å². The number of hydrogen-bond acceptors (Lipinski definition) is 7. The molecule has 1 fully saturated rings. The Bertz CT molecular complexity index is 1210. The highest BCUT2D eigenvalue weighted by Crippen LogP contribution is 2.25. The fraction of sp³-hybridized carbons (Fsp3) is 0.364. The van der Waals surface area contributed by atoms with E-state index < -0.39 is 0 Å². The van der Waals surface area contributed by atoms with E-state index in [1.54, 1.807) is 0 Å². The van der Waals surface area contributed by atoms with Crippen LogP contribution >= 0.6 is 0 Å². The van der Waals surface area contributed by atoms with E-state index in [2.05, 4.69) is 44.5 Å². The standard InChI is InChI=1S/C22H25N7O/c1-14(2)18-13-23-20-7-4-16-12-24-22(27-21(16)29(18)20)26-19-6-5-17(15(3)25-19)28-8-10-30-11-9-28/h4-7,12-14H,8-11H2,1-3H3,(H,24,25,26,27). The minimum absolute atomic E-state index is 0.342. The van der Waals surface area contributed by atoms with E-state index >= 15 is 0 Å². The summed E-state index contributed by atoms with van der Waals surface area (Å²) in [6, 6.07) is 8.08. The van der Waals surface area contributed by atoms with Crippen LogP contribution in [0.2, 0.25) is 0 Å². The number of aromatic nitrogens is 5. The van der Waals surface area contributed by atoms with E-state index in [1.807, 2.05) is 37.5 Å². The maximum absolute atomic E-state index is 5.45. The third-order valence-corrected chi connectivity index (χ3v) is 5.48. The Hall–Kier alpha value is -3.26. The molecule has 154 valence electrons. The van der Waals surface area contributed by atoms with Crippen LogP contribution in [-0.2, 0) is 4.74 Å². The monoisotopic (exact) mass is 403 g/mol. The molecular weight excluding hydrogens is 378 g/mol. The molecule has 0 amide bonds. The van der Waals surface area contributed by atoms with Crippen LogP contribution < -0.4 is 10.2 Å². The molecule has 4 aromatic rings. The number of hydrogen-bond donors (Lipinski definition) is 1. The average molecular weight is 403 g/mol. The summed E-state index contributed by atoms with van der Waals surface area (Å²) >= 11 is 0. The Balaban J connectivity index is 1.48. The summed E-state index contributed by atoms with van der Waals surface area (Å²) in [5.41, 5.74) is 4.98. The number of morpholine rings is 1. The first kappa shape index (κ1) is 18.7. The van der Waals surface area contributed by atoms with E-state index in [9.17, 15) is 0 Å². The predicted molar refractivity (Wildman–Crippen MR) is 118 cm³/mol. The van der Waals surface area contributed by atoms with Crippen molar-refractivity contribution in [2.24, 2.45) is 0 Å². The number of nitrogens with zero attached hydrogens (tertiary/aromatic N) is 6. The lowest BCUT2D eigenvalue weighted by Crippen LogP contribution is -2.36. The van der Waals surface area contributed by atoms with Gasteiger partial charge in [-0.1, -0.05) is 13.8 Å². The normalized spacial score (nSPS) is 14.7. The zero-order valence-electron chi connectivity index (χ0n) is 17.5. The fourth-order valence-electron chi connectivity index (χ4n) is 3.92. The second-order valence-corrected chi connectivity index (χ2v) is 7.86. The van der Waals surface area contributed by atoms with Crippen LogP contribution in [0.5, 0.6) is 0 Å². The Morgan fingerprint density at radius 2 is 1.83 bits per heavy atom. The van der Waals surface area contributed by atoms with E-state index in [1.165, 1.54) is 0 Å². The van der Waals surface area contributed by atoms with E-state index in [0.717, 1.165) is 65.9 Å². The molecular formula is C22H25N7O. The van der Waals surface area contributed by atoms with Crippen molar-refractivity contribution in [3.8, 4) is 0 Å². The molecule has 0 spiro atoms. The maximum Gasteiger partial charge on any atom is 0.230 e. The van der Waals surface area contributed by atoms with Crippen molar-refractivity contribution in [2.45, 2.75) is 26.7 Å². The SMILES string of the molecule is Cc1nc(Nc2ncc3ccc4ncc(C(C)C)n4c3n2)ccc1N1CCOCC1. The van der Waals surface area contributed by atoms with Gasteiger partial charge in [-0.25, -0.2) is 15.0 Å². The van der Waals surface area contributed by atoms with Gasteiger partial charge in [0.2, 0.25) is 5.95 Å². The van der Waals surface area contributed by atoms with Gasteiger partial charge in [-0.15, -0.1) is 0 Å². The summed E-state index contributed by atoms with van der Waals surface area (Å²) < 4.78 is 7.55. The summed E-state index contributed by atoms with van der Waals surface area (Å²) in [4.78, 5) is 20.8. The number of nitrogens with one attached hydrogen (secondary N) is 1. The molecule has 1 aliphatic heterocycles. The third kappa shape index (κ3) is 3.33. The first-order valence-electron chi connectivity index (χ1n) is 10.3. The Morgan fingerprint density at radius 3 is 2.60 bits per heavy atom. The van der Waals surface area contributed by atoms with Gasteiger partial charge in [-0.3, -0.25) is 4.40 Å². The molecule has 0 radical (unpaired) electrons. The molecule has 8 heteroatoms. The number of imidazole rings is 1. The lowest BCUT2D eigenvalue weighted by Gasteiger charge is -2.29. The highest BCUT2D eigenvalue weighted by atomic mass is 16.5. The molecule has 30 heavy (non-hydrogen) atoms. The highest BCUT2D eigenvalue weighted by Gasteiger charge is 2.15. The lowest BCUT2D eigenvalue weighted by molar-refractivity contribution is 0.122. The molecule has 5 heterocycles. The summed E-state index contributed by atoms with van der Waals surface area (Å²) in [7, 11) is 0. The van der Waals surface area contributed by atoms with Gasteiger partial charge in [0.1, 0.15) is 11.5 Å². The average Bonchev–Trinajstić information content (AvgIpc) is 3.20. The van der Waals surface area contributed by atoms with Gasteiger partial charge in [0.15, 0.2) is 5.65 Å². The van der Waals surface area contributed by atoms with Crippen LogP contribution in [0.1, 0.15) is 31.2 Å². The summed E-state index contributed by atoms with van der Waals surface area (Å²) in [5, 5.41) is 4.23. The molecule has 1 aliphatic rings. The van der Waals surface area contributed by atoms with Crippen molar-refractivity contribution < 1.29 is 4.74 Å². The molecule has 5 rings (SSSR count). The maximum atomic E-state index is 5.45. The quantitative estimate of drug-likeness (QED) is 0.557. The van der Waals surface area contributed by atoms with E-state index in [-0.39, 0.29) is 0 Å². The van der Waals surface area contributed by atoms with Gasteiger partial charge in [0, 0.05) is 36.6 Å². The second-order valence-electron chi connectivity index (χ2n) is 7.86. The van der Waals surface area contributed by atoms with Crippen LogP contribution in [0.15, 0.2) is 36.7 Å². The first-order chi connectivity index (χ1) is 14.6. The third-order valence-electron chi connectivity index (χ3n) is 5.48. The molecule has 4 aromatic heterocycles. The Morgan fingerprint density at radius 1 is 1.00 bits per heavy atom. The zero-order chi connectivity index (χ0) is 20.7. The largest absolute Gasteiger partial charge is 0.378 e. The summed E-state index contributed by atoms with van der Waals surface area (Å²) in [6.07, 6.45) is 3.76. The fourth-order valence-corrected chi connectivity index (χ4v) is 3.92. The van der Waals surface area contributed by atoms with Crippen LogP contribution in [0.25, 0.3) is 16.7 Å². The molecule has 1 N–H and O–H groups in total. The molecule has 0 bridgehead atoms. The number of ether oxygens (including phenoxy) is 1. The molecule has 8 nitrogen and oxygen atoms in total. The molecule has 0 atom stereocenters. The number of pyridine rings is 2. The van der Waals surface area contributed by atoms with Crippen molar-refractivity contribution in [3.05, 3.63) is 48.0 Å². The minimum Gasteiger partial charge on any atom is -0.378 e. The first-order valence-corrected chi connectivity index (χ1v) is 10.3. The number of fused-ring (bicyclic) bond motifs is 3. The van der Waals surface area contributed by atoms with Gasteiger partial charge in [0.05, 0.1) is 24.6 Å². The molecule has 0 saturated carbocycles. The van der Waals surface area contributed by atoms with E-state index in [0.29, 0.717) is 11.9 Å².